The van der Waals surface area contributed by atoms with Crippen molar-refractivity contribution in [2.75, 3.05) is 26.8 Å². The van der Waals surface area contributed by atoms with E-state index in [4.69, 9.17) is 9.47 Å². The van der Waals surface area contributed by atoms with Gasteiger partial charge in [-0.25, -0.2) is 0 Å². The lowest BCUT2D eigenvalue weighted by atomic mass is 9.93. The summed E-state index contributed by atoms with van der Waals surface area (Å²) in [5.74, 6) is 0.766. The van der Waals surface area contributed by atoms with Crippen molar-refractivity contribution in [3.63, 3.8) is 0 Å². The normalized spacial score (nSPS) is 20.3. The Morgan fingerprint density at radius 2 is 2.04 bits per heavy atom. The topological polar surface area (TPSA) is 51.7 Å². The molecule has 132 valence electrons. The van der Waals surface area contributed by atoms with Crippen molar-refractivity contribution in [3.8, 4) is 5.75 Å². The summed E-state index contributed by atoms with van der Waals surface area (Å²) < 4.78 is 11.7. The standard InChI is InChI=1S/C20H24N2O3/c1-16-8-6-12-21-18(16)19(23)22-13-7-11-20(14-22,24-2)15-25-17-9-4-3-5-10-17/h3-6,8-10,12H,7,11,13-15H2,1-2H3/t20-/m1/s1. The molecule has 1 aliphatic rings. The minimum absolute atomic E-state index is 0.0427. The Bertz CT molecular complexity index is 720. The molecule has 5 heteroatoms. The molecule has 0 radical (unpaired) electrons. The van der Waals surface area contributed by atoms with Gasteiger partial charge in [0.2, 0.25) is 0 Å². The quantitative estimate of drug-likeness (QED) is 0.839. The highest BCUT2D eigenvalue weighted by Gasteiger charge is 2.39. The van der Waals surface area contributed by atoms with Crippen LogP contribution in [-0.4, -0.2) is 48.2 Å². The zero-order valence-corrected chi connectivity index (χ0v) is 14.8. The van der Waals surface area contributed by atoms with Crippen LogP contribution in [0.3, 0.4) is 0 Å². The van der Waals surface area contributed by atoms with Crippen molar-refractivity contribution in [1.29, 1.82) is 0 Å². The van der Waals surface area contributed by atoms with Crippen LogP contribution in [0.5, 0.6) is 5.75 Å². The Morgan fingerprint density at radius 1 is 1.24 bits per heavy atom. The van der Waals surface area contributed by atoms with E-state index in [0.29, 0.717) is 25.4 Å². The van der Waals surface area contributed by atoms with E-state index in [2.05, 4.69) is 4.98 Å². The molecule has 3 rings (SSSR count). The lowest BCUT2D eigenvalue weighted by Crippen LogP contribution is -2.54. The first-order valence-corrected chi connectivity index (χ1v) is 8.57. The van der Waals surface area contributed by atoms with Crippen molar-refractivity contribution in [2.24, 2.45) is 0 Å². The van der Waals surface area contributed by atoms with E-state index in [1.165, 1.54) is 0 Å². The number of likely N-dealkylation sites (tertiary alicyclic amines) is 1. The number of carbonyl (C=O) groups excluding carboxylic acids is 1. The molecule has 0 aliphatic carbocycles. The number of pyridine rings is 1. The van der Waals surface area contributed by atoms with Crippen molar-refractivity contribution >= 4 is 5.91 Å². The van der Waals surface area contributed by atoms with Gasteiger partial charge in [0.05, 0.1) is 6.54 Å². The molecule has 1 aromatic carbocycles. The summed E-state index contributed by atoms with van der Waals surface area (Å²) in [7, 11) is 1.69. The Balaban J connectivity index is 1.71. The van der Waals surface area contributed by atoms with E-state index in [0.717, 1.165) is 24.2 Å². The van der Waals surface area contributed by atoms with Crippen LogP contribution < -0.4 is 4.74 Å². The fourth-order valence-corrected chi connectivity index (χ4v) is 3.21. The molecule has 1 atom stereocenters. The second kappa shape index (κ2) is 7.66. The molecule has 1 aliphatic heterocycles. The number of para-hydroxylation sites is 1. The van der Waals surface area contributed by atoms with Gasteiger partial charge in [-0.3, -0.25) is 9.78 Å². The third-order valence-corrected chi connectivity index (χ3v) is 4.72. The predicted molar refractivity (Wildman–Crippen MR) is 95.8 cm³/mol. The molecule has 0 unspecified atom stereocenters. The van der Waals surface area contributed by atoms with E-state index in [9.17, 15) is 4.79 Å². The van der Waals surface area contributed by atoms with Crippen LogP contribution >= 0.6 is 0 Å². The monoisotopic (exact) mass is 340 g/mol. The summed E-state index contributed by atoms with van der Waals surface area (Å²) in [6.07, 6.45) is 3.40. The first-order chi connectivity index (χ1) is 12.1. The van der Waals surface area contributed by atoms with Crippen LogP contribution in [0, 0.1) is 6.92 Å². The van der Waals surface area contributed by atoms with Crippen LogP contribution in [0.2, 0.25) is 0 Å². The van der Waals surface area contributed by atoms with Gasteiger partial charge in [0.1, 0.15) is 23.7 Å². The van der Waals surface area contributed by atoms with Crippen LogP contribution in [-0.2, 0) is 4.74 Å². The molecular formula is C20H24N2O3. The summed E-state index contributed by atoms with van der Waals surface area (Å²) in [5.41, 5.74) is 0.909. The fraction of sp³-hybridized carbons (Fsp3) is 0.400. The lowest BCUT2D eigenvalue weighted by Gasteiger charge is -2.41. The summed E-state index contributed by atoms with van der Waals surface area (Å²) in [4.78, 5) is 19.0. The zero-order valence-electron chi connectivity index (χ0n) is 14.8. The maximum atomic E-state index is 12.9. The van der Waals surface area contributed by atoms with Gasteiger partial charge in [0, 0.05) is 19.9 Å². The van der Waals surface area contributed by atoms with E-state index in [1.54, 1.807) is 13.3 Å². The number of amides is 1. The van der Waals surface area contributed by atoms with E-state index in [-0.39, 0.29) is 5.91 Å². The van der Waals surface area contributed by atoms with E-state index in [1.807, 2.05) is 54.3 Å². The van der Waals surface area contributed by atoms with Gasteiger partial charge in [0.15, 0.2) is 0 Å². The second-order valence-electron chi connectivity index (χ2n) is 6.49. The Hall–Kier alpha value is -2.40. The molecule has 2 heterocycles. The predicted octanol–water partition coefficient (Wildman–Crippen LogP) is 3.09. The number of carbonyl (C=O) groups is 1. The Morgan fingerprint density at radius 3 is 2.76 bits per heavy atom. The van der Waals surface area contributed by atoms with Crippen molar-refractivity contribution in [3.05, 3.63) is 59.9 Å². The SMILES string of the molecule is CO[C@]1(COc2ccccc2)CCCN(C(=O)c2ncccc2C)C1. The van der Waals surface area contributed by atoms with E-state index < -0.39 is 5.60 Å². The zero-order chi connectivity index (χ0) is 17.7. The average Bonchev–Trinajstić information content (AvgIpc) is 2.67. The first kappa shape index (κ1) is 17.4. The largest absolute Gasteiger partial charge is 0.491 e. The number of aryl methyl sites for hydroxylation is 1. The molecule has 0 bridgehead atoms. The van der Waals surface area contributed by atoms with Gasteiger partial charge in [-0.1, -0.05) is 24.3 Å². The Kier molecular flexibility index (Phi) is 5.34. The third-order valence-electron chi connectivity index (χ3n) is 4.72. The number of methoxy groups -OCH3 is 1. The van der Waals surface area contributed by atoms with Crippen LogP contribution in [0.1, 0.15) is 28.9 Å². The minimum atomic E-state index is -0.494. The van der Waals surface area contributed by atoms with Crippen molar-refractivity contribution in [1.82, 2.24) is 9.88 Å². The minimum Gasteiger partial charge on any atom is -0.491 e. The van der Waals surface area contributed by atoms with Gasteiger partial charge in [-0.2, -0.15) is 0 Å². The highest BCUT2D eigenvalue weighted by atomic mass is 16.5. The third kappa shape index (κ3) is 3.99. The number of aromatic nitrogens is 1. The number of nitrogens with zero attached hydrogens (tertiary/aromatic N) is 2. The maximum Gasteiger partial charge on any atom is 0.272 e. The molecular weight excluding hydrogens is 316 g/mol. The van der Waals surface area contributed by atoms with Crippen molar-refractivity contribution in [2.45, 2.75) is 25.4 Å². The van der Waals surface area contributed by atoms with Gasteiger partial charge >= 0.3 is 0 Å². The fourth-order valence-electron chi connectivity index (χ4n) is 3.21. The smallest absolute Gasteiger partial charge is 0.272 e. The van der Waals surface area contributed by atoms with Crippen molar-refractivity contribution < 1.29 is 14.3 Å². The molecule has 0 N–H and O–H groups in total. The average molecular weight is 340 g/mol. The molecule has 1 fully saturated rings. The number of piperidine rings is 1. The number of hydrogen-bond acceptors (Lipinski definition) is 4. The molecule has 5 nitrogen and oxygen atoms in total. The second-order valence-corrected chi connectivity index (χ2v) is 6.49. The van der Waals surface area contributed by atoms with Gasteiger partial charge in [0.25, 0.3) is 5.91 Å². The van der Waals surface area contributed by atoms with Gasteiger partial charge < -0.3 is 14.4 Å². The highest BCUT2D eigenvalue weighted by Crippen LogP contribution is 2.27. The molecule has 0 spiro atoms. The molecule has 0 saturated carbocycles. The summed E-state index contributed by atoms with van der Waals surface area (Å²) in [5, 5.41) is 0. The van der Waals surface area contributed by atoms with Gasteiger partial charge in [-0.15, -0.1) is 0 Å². The number of hydrogen-bond donors (Lipinski definition) is 0. The number of ether oxygens (including phenoxy) is 2. The molecule has 1 saturated heterocycles. The number of rotatable bonds is 5. The molecule has 2 aromatic rings. The Labute approximate surface area is 148 Å². The molecule has 1 amide bonds. The number of benzene rings is 1. The van der Waals surface area contributed by atoms with Crippen LogP contribution in [0.25, 0.3) is 0 Å². The van der Waals surface area contributed by atoms with Gasteiger partial charge in [-0.05, 0) is 43.5 Å². The lowest BCUT2D eigenvalue weighted by molar-refractivity contribution is -0.0825. The first-order valence-electron chi connectivity index (χ1n) is 8.57. The van der Waals surface area contributed by atoms with Crippen LogP contribution in [0.15, 0.2) is 48.7 Å². The molecule has 25 heavy (non-hydrogen) atoms. The van der Waals surface area contributed by atoms with Crippen LogP contribution in [0.4, 0.5) is 0 Å². The summed E-state index contributed by atoms with van der Waals surface area (Å²) >= 11 is 0. The summed E-state index contributed by atoms with van der Waals surface area (Å²) in [6.45, 7) is 3.54. The summed E-state index contributed by atoms with van der Waals surface area (Å²) in [6, 6.07) is 13.4. The maximum absolute atomic E-state index is 12.9. The highest BCUT2D eigenvalue weighted by molar-refractivity contribution is 5.93. The molecule has 1 aromatic heterocycles. The van der Waals surface area contributed by atoms with E-state index >= 15 is 0 Å².